The summed E-state index contributed by atoms with van der Waals surface area (Å²) >= 11 is 7.62. The van der Waals surface area contributed by atoms with Crippen LogP contribution in [0.1, 0.15) is 40.5 Å². The van der Waals surface area contributed by atoms with Crippen LogP contribution in [0.25, 0.3) is 0 Å². The number of rotatable bonds is 19. The number of benzene rings is 1. The highest BCUT2D eigenvalue weighted by atomic mass is 32.2. The highest BCUT2D eigenvalue weighted by Crippen LogP contribution is 2.17. The molecule has 0 saturated carbocycles. The van der Waals surface area contributed by atoms with Crippen molar-refractivity contribution in [3.63, 3.8) is 0 Å². The Labute approximate surface area is 247 Å². The van der Waals surface area contributed by atoms with Gasteiger partial charge in [0.05, 0.1) is 12.8 Å². The van der Waals surface area contributed by atoms with E-state index in [9.17, 15) is 14.4 Å². The SMILES string of the molecule is CCN(CC)CCNC(=S)N(CCSc1ccccc1)CCN(CC)CC.O=C(O)CC(O)(CC(=O)O)C(=O)O. The van der Waals surface area contributed by atoms with Crippen LogP contribution in [-0.4, -0.2) is 128 Å². The molecule has 0 unspecified atom stereocenters. The molecule has 0 saturated heterocycles. The summed E-state index contributed by atoms with van der Waals surface area (Å²) in [5.41, 5.74) is -2.74. The van der Waals surface area contributed by atoms with Crippen LogP contribution < -0.4 is 5.32 Å². The Morgan fingerprint density at radius 2 is 1.32 bits per heavy atom. The van der Waals surface area contributed by atoms with Crippen molar-refractivity contribution in [2.75, 3.05) is 64.7 Å². The average molecular weight is 603 g/mol. The van der Waals surface area contributed by atoms with Gasteiger partial charge in [-0.25, -0.2) is 4.79 Å². The molecule has 0 amide bonds. The highest BCUT2D eigenvalue weighted by Gasteiger charge is 2.40. The number of hydrogen-bond acceptors (Lipinski definition) is 8. The number of aliphatic carboxylic acids is 3. The monoisotopic (exact) mass is 602 g/mol. The fourth-order valence-electron chi connectivity index (χ4n) is 3.59. The Kier molecular flexibility index (Phi) is 20.0. The maximum atomic E-state index is 10.3. The molecule has 0 fully saturated rings. The summed E-state index contributed by atoms with van der Waals surface area (Å²) in [6.45, 7) is 18.2. The lowest BCUT2D eigenvalue weighted by atomic mass is 9.96. The van der Waals surface area contributed by atoms with Gasteiger partial charge in [-0.15, -0.1) is 11.8 Å². The van der Waals surface area contributed by atoms with E-state index in [1.165, 1.54) is 4.90 Å². The van der Waals surface area contributed by atoms with Gasteiger partial charge in [0.25, 0.3) is 0 Å². The largest absolute Gasteiger partial charge is 0.481 e. The van der Waals surface area contributed by atoms with Crippen LogP contribution in [0, 0.1) is 0 Å². The van der Waals surface area contributed by atoms with Gasteiger partial charge in [0.15, 0.2) is 10.7 Å². The molecule has 228 valence electrons. The summed E-state index contributed by atoms with van der Waals surface area (Å²) in [5, 5.41) is 38.2. The van der Waals surface area contributed by atoms with E-state index < -0.39 is 36.4 Å². The van der Waals surface area contributed by atoms with Crippen LogP contribution in [-0.2, 0) is 14.4 Å². The second-order valence-electron chi connectivity index (χ2n) is 8.91. The molecule has 11 nitrogen and oxygen atoms in total. The van der Waals surface area contributed by atoms with Crippen LogP contribution in [0.5, 0.6) is 0 Å². The minimum Gasteiger partial charge on any atom is -0.481 e. The van der Waals surface area contributed by atoms with Gasteiger partial charge in [-0.3, -0.25) is 9.59 Å². The normalized spacial score (nSPS) is 11.1. The van der Waals surface area contributed by atoms with Gasteiger partial charge in [0.2, 0.25) is 0 Å². The van der Waals surface area contributed by atoms with Gasteiger partial charge in [0.1, 0.15) is 0 Å². The zero-order valence-corrected chi connectivity index (χ0v) is 25.7. The van der Waals surface area contributed by atoms with E-state index in [0.29, 0.717) is 0 Å². The number of carboxylic acids is 3. The summed E-state index contributed by atoms with van der Waals surface area (Å²) < 4.78 is 0. The average Bonchev–Trinajstić information content (AvgIpc) is 2.90. The fraction of sp³-hybridized carbons (Fsp3) is 0.630. The molecule has 0 bridgehead atoms. The number of hydrogen-bond donors (Lipinski definition) is 5. The summed E-state index contributed by atoms with van der Waals surface area (Å²) in [6.07, 6.45) is -2.29. The number of carboxylic acid groups (broad SMARTS) is 3. The van der Waals surface area contributed by atoms with Crippen molar-refractivity contribution >= 4 is 47.0 Å². The maximum Gasteiger partial charge on any atom is 0.336 e. The van der Waals surface area contributed by atoms with Gasteiger partial charge >= 0.3 is 17.9 Å². The molecule has 0 aliphatic carbocycles. The van der Waals surface area contributed by atoms with Gasteiger partial charge in [-0.2, -0.15) is 0 Å². The molecular formula is C27H46N4O7S2. The van der Waals surface area contributed by atoms with Gasteiger partial charge in [0, 0.05) is 43.4 Å². The second kappa shape index (κ2) is 21.3. The topological polar surface area (TPSA) is 154 Å². The summed E-state index contributed by atoms with van der Waals surface area (Å²) in [6, 6.07) is 10.6. The molecule has 0 atom stereocenters. The predicted molar refractivity (Wildman–Crippen MR) is 162 cm³/mol. The molecule has 0 spiro atoms. The number of thiocarbonyl (C=S) groups is 1. The van der Waals surface area contributed by atoms with Gasteiger partial charge < -0.3 is 40.4 Å². The summed E-state index contributed by atoms with van der Waals surface area (Å²) in [4.78, 5) is 39.0. The first-order valence-electron chi connectivity index (χ1n) is 13.5. The van der Waals surface area contributed by atoms with Crippen LogP contribution >= 0.6 is 24.0 Å². The smallest absolute Gasteiger partial charge is 0.336 e. The summed E-state index contributed by atoms with van der Waals surface area (Å²) in [7, 11) is 0. The Morgan fingerprint density at radius 3 is 1.77 bits per heavy atom. The zero-order valence-electron chi connectivity index (χ0n) is 24.0. The number of aliphatic hydroxyl groups is 1. The van der Waals surface area contributed by atoms with E-state index in [0.717, 1.165) is 69.8 Å². The van der Waals surface area contributed by atoms with Crippen LogP contribution in [0.4, 0.5) is 0 Å². The molecule has 1 aromatic carbocycles. The van der Waals surface area contributed by atoms with Crippen molar-refractivity contribution < 1.29 is 34.8 Å². The molecule has 1 aromatic rings. The Morgan fingerprint density at radius 1 is 0.825 bits per heavy atom. The van der Waals surface area contributed by atoms with E-state index in [1.807, 2.05) is 11.8 Å². The molecule has 0 radical (unpaired) electrons. The van der Waals surface area contributed by atoms with Crippen molar-refractivity contribution in [2.45, 2.75) is 51.0 Å². The lowest BCUT2D eigenvalue weighted by Crippen LogP contribution is -2.46. The number of nitrogens with one attached hydrogen (secondary N) is 1. The minimum atomic E-state index is -2.74. The lowest BCUT2D eigenvalue weighted by molar-refractivity contribution is -0.170. The lowest BCUT2D eigenvalue weighted by Gasteiger charge is -2.29. The molecule has 1 rings (SSSR count). The van der Waals surface area contributed by atoms with Gasteiger partial charge in [-0.1, -0.05) is 45.9 Å². The fourth-order valence-corrected chi connectivity index (χ4v) is 4.78. The highest BCUT2D eigenvalue weighted by molar-refractivity contribution is 7.99. The van der Waals surface area contributed by atoms with Crippen LogP contribution in [0.2, 0.25) is 0 Å². The third-order valence-electron chi connectivity index (χ3n) is 6.13. The number of thioether (sulfide) groups is 1. The van der Waals surface area contributed by atoms with Crippen LogP contribution in [0.15, 0.2) is 35.2 Å². The number of likely N-dealkylation sites (N-methyl/N-ethyl adjacent to an activating group) is 2. The maximum absolute atomic E-state index is 10.3. The number of carbonyl (C=O) groups is 3. The van der Waals surface area contributed by atoms with E-state index >= 15 is 0 Å². The van der Waals surface area contributed by atoms with Crippen molar-refractivity contribution in [2.24, 2.45) is 0 Å². The molecule has 0 aromatic heterocycles. The van der Waals surface area contributed by atoms with Crippen molar-refractivity contribution in [3.8, 4) is 0 Å². The standard InChI is InChI=1S/C21H38N4S2.C6H8O7/c1-5-23(6-2)15-14-22-21(26)25(17-16-24(7-3)8-4)18-19-27-20-12-10-9-11-13-20;7-3(8)1-6(13,5(11)12)2-4(9)10/h9-13H,5-8,14-19H2,1-4H3,(H,22,26);13H,1-2H2,(H,7,8)(H,9,10)(H,11,12). The first-order valence-corrected chi connectivity index (χ1v) is 14.9. The van der Waals surface area contributed by atoms with Gasteiger partial charge in [-0.05, 0) is 50.5 Å². The van der Waals surface area contributed by atoms with Crippen molar-refractivity contribution in [3.05, 3.63) is 30.3 Å². The molecule has 0 heterocycles. The molecule has 0 aliphatic heterocycles. The molecule has 13 heteroatoms. The quantitative estimate of drug-likeness (QED) is 0.116. The van der Waals surface area contributed by atoms with Crippen molar-refractivity contribution in [1.29, 1.82) is 0 Å². The van der Waals surface area contributed by atoms with E-state index in [1.54, 1.807) is 0 Å². The predicted octanol–water partition coefficient (Wildman–Crippen LogP) is 2.39. The second-order valence-corrected chi connectivity index (χ2v) is 10.5. The summed E-state index contributed by atoms with van der Waals surface area (Å²) in [5.74, 6) is -3.98. The molecular weight excluding hydrogens is 556 g/mol. The Hall–Kier alpha value is -2.45. The van der Waals surface area contributed by atoms with Crippen molar-refractivity contribution in [1.82, 2.24) is 20.0 Å². The third-order valence-corrected chi connectivity index (χ3v) is 7.52. The molecule has 40 heavy (non-hydrogen) atoms. The van der Waals surface area contributed by atoms with E-state index in [-0.39, 0.29) is 0 Å². The first kappa shape index (κ1) is 37.6. The first-order chi connectivity index (χ1) is 18.9. The van der Waals surface area contributed by atoms with Crippen LogP contribution in [0.3, 0.4) is 0 Å². The minimum absolute atomic E-state index is 0.892. The number of nitrogens with zero attached hydrogens (tertiary/aromatic N) is 3. The Bertz CT molecular complexity index is 869. The third kappa shape index (κ3) is 16.6. The van der Waals surface area contributed by atoms with E-state index in [2.05, 4.69) is 78.0 Å². The molecule has 0 aliphatic rings. The Balaban J connectivity index is 0.000000983. The molecule has 5 N–H and O–H groups in total. The van der Waals surface area contributed by atoms with E-state index in [4.69, 9.17) is 32.6 Å². The zero-order chi connectivity index (χ0) is 30.6.